The van der Waals surface area contributed by atoms with Gasteiger partial charge in [-0.3, -0.25) is 0 Å². The molecule has 1 fully saturated rings. The van der Waals surface area contributed by atoms with Crippen LogP contribution in [-0.2, 0) is 0 Å². The summed E-state index contributed by atoms with van der Waals surface area (Å²) in [7, 11) is -0.0237. The summed E-state index contributed by atoms with van der Waals surface area (Å²) in [4.78, 5) is -0.0436. The van der Waals surface area contributed by atoms with Crippen LogP contribution in [0.2, 0.25) is 0 Å². The minimum atomic E-state index is -0.0436. The molecule has 0 amide bonds. The minimum Gasteiger partial charge on any atom is -0.119 e. The molecule has 0 aromatic heterocycles. The summed E-state index contributed by atoms with van der Waals surface area (Å²) in [5, 5.41) is 1.53. The van der Waals surface area contributed by atoms with Gasteiger partial charge >= 0.3 is 0 Å². The summed E-state index contributed by atoms with van der Waals surface area (Å²) in [6, 6.07) is 10.9. The zero-order valence-electron chi connectivity index (χ0n) is 9.41. The molecule has 1 aliphatic heterocycles. The highest BCUT2D eigenvalue weighted by atomic mass is 35.5. The molecule has 0 radical (unpaired) electrons. The van der Waals surface area contributed by atoms with Gasteiger partial charge in [0.05, 0.1) is 0 Å². The van der Waals surface area contributed by atoms with Crippen molar-refractivity contribution >= 4 is 24.8 Å². The third-order valence-electron chi connectivity index (χ3n) is 3.13. The van der Waals surface area contributed by atoms with E-state index in [0.717, 1.165) is 0 Å². The van der Waals surface area contributed by atoms with Crippen molar-refractivity contribution in [3.63, 3.8) is 0 Å². The second kappa shape index (κ2) is 4.44. The third kappa shape index (κ3) is 2.55. The van der Waals surface area contributed by atoms with Crippen LogP contribution in [0.3, 0.4) is 0 Å². The van der Waals surface area contributed by atoms with Gasteiger partial charge in [0.15, 0.2) is 0 Å². The van der Waals surface area contributed by atoms with Gasteiger partial charge in [-0.05, 0) is 38.2 Å². The van der Waals surface area contributed by atoms with Crippen molar-refractivity contribution in [2.24, 2.45) is 0 Å². The van der Waals surface area contributed by atoms with Crippen molar-refractivity contribution in [3.05, 3.63) is 30.3 Å². The zero-order chi connectivity index (χ0) is 10.9. The molecule has 0 bridgehead atoms. The van der Waals surface area contributed by atoms with Crippen LogP contribution in [0, 0.1) is 0 Å². The molecule has 0 N–H and O–H groups in total. The molecule has 1 saturated heterocycles. The van der Waals surface area contributed by atoms with Crippen molar-refractivity contribution in [2.45, 2.75) is 37.2 Å². The van der Waals surface area contributed by atoms with E-state index in [1.54, 1.807) is 0 Å². The normalized spacial score (nSPS) is 26.9. The molecule has 15 heavy (non-hydrogen) atoms. The lowest BCUT2D eigenvalue weighted by atomic mass is 10.1. The number of hydrogen-bond donors (Lipinski definition) is 0. The van der Waals surface area contributed by atoms with Crippen LogP contribution >= 0.6 is 19.5 Å². The van der Waals surface area contributed by atoms with Crippen molar-refractivity contribution in [2.75, 3.05) is 6.16 Å². The Balaban J connectivity index is 2.23. The van der Waals surface area contributed by atoms with Crippen LogP contribution < -0.4 is 5.30 Å². The smallest absolute Gasteiger partial charge is 0.0460 e. The molecule has 0 nitrogen and oxygen atoms in total. The van der Waals surface area contributed by atoms with Crippen LogP contribution in [-0.4, -0.2) is 16.7 Å². The Bertz CT molecular complexity index is 315. The Kier molecular flexibility index (Phi) is 3.38. The first-order valence-corrected chi connectivity index (χ1v) is 7.57. The van der Waals surface area contributed by atoms with Crippen molar-refractivity contribution in [1.29, 1.82) is 0 Å². The number of hydrogen-bond acceptors (Lipinski definition) is 0. The summed E-state index contributed by atoms with van der Waals surface area (Å²) < 4.78 is 0. The Morgan fingerprint density at radius 1 is 1.27 bits per heavy atom. The molecule has 2 unspecified atom stereocenters. The molecular formula is C13H18ClP. The van der Waals surface area contributed by atoms with E-state index in [4.69, 9.17) is 11.6 Å². The fourth-order valence-corrected chi connectivity index (χ4v) is 6.11. The van der Waals surface area contributed by atoms with E-state index >= 15 is 0 Å². The average Bonchev–Trinajstić information content (AvgIpc) is 2.67. The number of halogens is 1. The summed E-state index contributed by atoms with van der Waals surface area (Å²) in [6.07, 6.45) is 4.01. The van der Waals surface area contributed by atoms with Gasteiger partial charge in [0, 0.05) is 10.5 Å². The third-order valence-corrected chi connectivity index (χ3v) is 6.96. The van der Waals surface area contributed by atoms with Gasteiger partial charge < -0.3 is 0 Å². The number of rotatable bonds is 2. The maximum atomic E-state index is 6.50. The largest absolute Gasteiger partial charge is 0.119 e. The van der Waals surface area contributed by atoms with Gasteiger partial charge in [0.1, 0.15) is 0 Å². The second-order valence-electron chi connectivity index (χ2n) is 4.75. The molecule has 2 atom stereocenters. The summed E-state index contributed by atoms with van der Waals surface area (Å²) in [5.41, 5.74) is 0.691. The van der Waals surface area contributed by atoms with Crippen LogP contribution in [0.25, 0.3) is 0 Å². The lowest BCUT2D eigenvalue weighted by molar-refractivity contribution is 0.620. The van der Waals surface area contributed by atoms with E-state index in [2.05, 4.69) is 44.2 Å². The predicted octanol–water partition coefficient (Wildman–Crippen LogP) is 3.97. The molecule has 2 heteroatoms. The maximum Gasteiger partial charge on any atom is 0.0460 e. The van der Waals surface area contributed by atoms with Gasteiger partial charge in [-0.15, -0.1) is 11.6 Å². The molecular weight excluding hydrogens is 223 g/mol. The van der Waals surface area contributed by atoms with E-state index < -0.39 is 0 Å². The van der Waals surface area contributed by atoms with E-state index in [1.165, 1.54) is 24.3 Å². The Morgan fingerprint density at radius 2 is 1.93 bits per heavy atom. The Morgan fingerprint density at radius 3 is 2.53 bits per heavy atom. The number of alkyl halides is 1. The standard InChI is InChI=1S/C13H18ClP/c1-13(2,14)12-9-6-10-15(12)11-7-4-3-5-8-11/h3-5,7-8,12H,6,9-10H2,1-2H3. The first-order valence-electron chi connectivity index (χ1n) is 5.59. The minimum absolute atomic E-state index is 0.0237. The first-order chi connectivity index (χ1) is 7.09. The Hall–Kier alpha value is -0.0600. The highest BCUT2D eigenvalue weighted by molar-refractivity contribution is 7.66. The van der Waals surface area contributed by atoms with Gasteiger partial charge in [-0.1, -0.05) is 38.3 Å². The summed E-state index contributed by atoms with van der Waals surface area (Å²) in [6.45, 7) is 4.34. The van der Waals surface area contributed by atoms with Gasteiger partial charge in [-0.25, -0.2) is 0 Å². The quantitative estimate of drug-likeness (QED) is 0.542. The van der Waals surface area contributed by atoms with E-state index in [0.29, 0.717) is 5.66 Å². The molecule has 82 valence electrons. The SMILES string of the molecule is CC(C)(Cl)C1CCCP1c1ccccc1. The second-order valence-corrected chi connectivity index (χ2v) is 8.25. The summed E-state index contributed by atoms with van der Waals surface area (Å²) >= 11 is 6.50. The lowest BCUT2D eigenvalue weighted by Crippen LogP contribution is -2.28. The lowest BCUT2D eigenvalue weighted by Gasteiger charge is -2.30. The molecule has 0 saturated carbocycles. The average molecular weight is 241 g/mol. The molecule has 1 aromatic rings. The molecule has 1 heterocycles. The molecule has 0 spiro atoms. The zero-order valence-corrected chi connectivity index (χ0v) is 11.1. The monoisotopic (exact) mass is 240 g/mol. The molecule has 1 aliphatic rings. The highest BCUT2D eigenvalue weighted by Crippen LogP contribution is 2.54. The molecule has 0 aliphatic carbocycles. The maximum absolute atomic E-state index is 6.50. The number of benzene rings is 1. The fraction of sp³-hybridized carbons (Fsp3) is 0.538. The molecule has 2 rings (SSSR count). The van der Waals surface area contributed by atoms with Crippen LogP contribution in [0.4, 0.5) is 0 Å². The topological polar surface area (TPSA) is 0 Å². The van der Waals surface area contributed by atoms with Gasteiger partial charge in [-0.2, -0.15) is 0 Å². The van der Waals surface area contributed by atoms with Crippen molar-refractivity contribution in [3.8, 4) is 0 Å². The van der Waals surface area contributed by atoms with E-state index in [9.17, 15) is 0 Å². The van der Waals surface area contributed by atoms with Gasteiger partial charge in [0.25, 0.3) is 0 Å². The van der Waals surface area contributed by atoms with Gasteiger partial charge in [0.2, 0.25) is 0 Å². The van der Waals surface area contributed by atoms with Crippen LogP contribution in [0.1, 0.15) is 26.7 Å². The summed E-state index contributed by atoms with van der Waals surface area (Å²) in [5.74, 6) is 0. The van der Waals surface area contributed by atoms with E-state index in [-0.39, 0.29) is 12.8 Å². The van der Waals surface area contributed by atoms with E-state index in [1.807, 2.05) is 0 Å². The highest BCUT2D eigenvalue weighted by Gasteiger charge is 2.37. The fourth-order valence-electron chi connectivity index (χ4n) is 2.41. The van der Waals surface area contributed by atoms with Crippen LogP contribution in [0.5, 0.6) is 0 Å². The predicted molar refractivity (Wildman–Crippen MR) is 70.8 cm³/mol. The Labute approximate surface area is 98.8 Å². The first kappa shape index (κ1) is 11.4. The molecule has 1 aromatic carbocycles. The van der Waals surface area contributed by atoms with Crippen LogP contribution in [0.15, 0.2) is 30.3 Å². The van der Waals surface area contributed by atoms with Crippen molar-refractivity contribution in [1.82, 2.24) is 0 Å². The van der Waals surface area contributed by atoms with Crippen molar-refractivity contribution < 1.29 is 0 Å².